The molecular weight excluding hydrogens is 240 g/mol. The molecule has 1 fully saturated rings. The van der Waals surface area contributed by atoms with Crippen LogP contribution in [0.2, 0.25) is 0 Å². The second-order valence-electron chi connectivity index (χ2n) is 4.09. The Morgan fingerprint density at radius 3 is 2.67 bits per heavy atom. The van der Waals surface area contributed by atoms with Gasteiger partial charge >= 0.3 is 12.1 Å². The Kier molecular flexibility index (Phi) is 4.30. The number of nitrogens with zero attached hydrogens (tertiary/aromatic N) is 1. The molecule has 0 radical (unpaired) electrons. The highest BCUT2D eigenvalue weighted by molar-refractivity contribution is 5.86. The van der Waals surface area contributed by atoms with E-state index in [0.29, 0.717) is 6.54 Å². The predicted molar refractivity (Wildman–Crippen MR) is 61.9 cm³/mol. The number of likely N-dealkylation sites (tertiary alicyclic amines) is 1. The number of carbonyl (C=O) groups is 3. The lowest BCUT2D eigenvalue weighted by molar-refractivity contribution is -0.144. The third-order valence-corrected chi connectivity index (χ3v) is 2.80. The van der Waals surface area contributed by atoms with Crippen LogP contribution < -0.4 is 5.32 Å². The van der Waals surface area contributed by atoms with Crippen LogP contribution in [0.3, 0.4) is 0 Å². The first-order chi connectivity index (χ1) is 8.41. The van der Waals surface area contributed by atoms with Gasteiger partial charge < -0.3 is 20.1 Å². The van der Waals surface area contributed by atoms with Crippen LogP contribution in [0.5, 0.6) is 0 Å². The number of carboxylic acids is 1. The Labute approximate surface area is 104 Å². The molecule has 1 rings (SSSR count). The molecule has 0 aromatic heterocycles. The minimum Gasteiger partial charge on any atom is -0.479 e. The fourth-order valence-corrected chi connectivity index (χ4v) is 1.77. The third-order valence-electron chi connectivity index (χ3n) is 2.80. The molecule has 0 aliphatic carbocycles. The SMILES string of the molecule is C=CCOC(=O)NC1(C(=O)O)CCN(C(C)=O)C1. The molecule has 1 aliphatic heterocycles. The molecule has 0 saturated carbocycles. The summed E-state index contributed by atoms with van der Waals surface area (Å²) in [6.45, 7) is 4.97. The Morgan fingerprint density at radius 1 is 1.56 bits per heavy atom. The van der Waals surface area contributed by atoms with Gasteiger partial charge in [-0.1, -0.05) is 12.7 Å². The lowest BCUT2D eigenvalue weighted by Gasteiger charge is -2.25. The number of carboxylic acid groups (broad SMARTS) is 1. The Hall–Kier alpha value is -2.05. The number of rotatable bonds is 4. The van der Waals surface area contributed by atoms with E-state index in [1.165, 1.54) is 17.9 Å². The van der Waals surface area contributed by atoms with E-state index in [9.17, 15) is 19.5 Å². The molecule has 1 heterocycles. The molecule has 7 nitrogen and oxygen atoms in total. The number of carbonyl (C=O) groups excluding carboxylic acids is 2. The summed E-state index contributed by atoms with van der Waals surface area (Å²) >= 11 is 0. The van der Waals surface area contributed by atoms with Gasteiger partial charge in [-0.3, -0.25) is 4.79 Å². The molecule has 0 aromatic carbocycles. The summed E-state index contributed by atoms with van der Waals surface area (Å²) in [5.74, 6) is -1.40. The van der Waals surface area contributed by atoms with Gasteiger partial charge in [0.15, 0.2) is 5.54 Å². The first-order valence-corrected chi connectivity index (χ1v) is 5.46. The van der Waals surface area contributed by atoms with Crippen molar-refractivity contribution in [2.75, 3.05) is 19.7 Å². The molecular formula is C11H16N2O5. The van der Waals surface area contributed by atoms with Crippen molar-refractivity contribution in [1.29, 1.82) is 0 Å². The zero-order chi connectivity index (χ0) is 13.8. The van der Waals surface area contributed by atoms with E-state index < -0.39 is 17.6 Å². The van der Waals surface area contributed by atoms with Crippen molar-refractivity contribution in [3.05, 3.63) is 12.7 Å². The van der Waals surface area contributed by atoms with E-state index in [0.717, 1.165) is 0 Å². The van der Waals surface area contributed by atoms with Gasteiger partial charge in [-0.05, 0) is 0 Å². The number of hydrogen-bond donors (Lipinski definition) is 2. The summed E-state index contributed by atoms with van der Waals surface area (Å²) in [4.78, 5) is 35.2. The van der Waals surface area contributed by atoms with E-state index in [-0.39, 0.29) is 25.5 Å². The maximum absolute atomic E-state index is 11.4. The number of nitrogens with one attached hydrogen (secondary N) is 1. The molecule has 1 aliphatic rings. The fourth-order valence-electron chi connectivity index (χ4n) is 1.77. The second-order valence-corrected chi connectivity index (χ2v) is 4.09. The first kappa shape index (κ1) is 14.0. The number of alkyl carbamates (subject to hydrolysis) is 1. The molecule has 7 heteroatoms. The lowest BCUT2D eigenvalue weighted by atomic mass is 9.99. The number of aliphatic carboxylic acids is 1. The average molecular weight is 256 g/mol. The minimum atomic E-state index is -1.47. The molecule has 1 atom stereocenters. The maximum atomic E-state index is 11.4. The largest absolute Gasteiger partial charge is 0.479 e. The monoisotopic (exact) mass is 256 g/mol. The van der Waals surface area contributed by atoms with Gasteiger partial charge in [-0.15, -0.1) is 0 Å². The van der Waals surface area contributed by atoms with Crippen LogP contribution in [0.1, 0.15) is 13.3 Å². The molecule has 0 bridgehead atoms. The van der Waals surface area contributed by atoms with Crippen LogP contribution in [0.15, 0.2) is 12.7 Å². The first-order valence-electron chi connectivity index (χ1n) is 5.46. The Balaban J connectivity index is 2.72. The normalized spacial score (nSPS) is 22.4. The number of ether oxygens (including phenoxy) is 1. The van der Waals surface area contributed by atoms with Gasteiger partial charge in [0.25, 0.3) is 0 Å². The van der Waals surface area contributed by atoms with Crippen molar-refractivity contribution in [1.82, 2.24) is 10.2 Å². The summed E-state index contributed by atoms with van der Waals surface area (Å²) < 4.78 is 4.69. The van der Waals surface area contributed by atoms with Gasteiger partial charge in [0.05, 0.1) is 6.54 Å². The van der Waals surface area contributed by atoms with Crippen LogP contribution in [-0.2, 0) is 14.3 Å². The molecule has 2 amide bonds. The van der Waals surface area contributed by atoms with Crippen LogP contribution in [-0.4, -0.2) is 53.2 Å². The molecule has 100 valence electrons. The van der Waals surface area contributed by atoms with Gasteiger partial charge in [0.1, 0.15) is 6.61 Å². The van der Waals surface area contributed by atoms with Crippen molar-refractivity contribution in [2.24, 2.45) is 0 Å². The molecule has 0 spiro atoms. The highest BCUT2D eigenvalue weighted by Crippen LogP contribution is 2.22. The standard InChI is InChI=1S/C11H16N2O5/c1-3-6-18-10(17)12-11(9(15)16)4-5-13(7-11)8(2)14/h3H,1,4-7H2,2H3,(H,12,17)(H,15,16). The van der Waals surface area contributed by atoms with Crippen LogP contribution in [0.4, 0.5) is 4.79 Å². The summed E-state index contributed by atoms with van der Waals surface area (Å²) in [7, 11) is 0. The Bertz CT molecular complexity index is 382. The highest BCUT2D eigenvalue weighted by Gasteiger charge is 2.47. The quantitative estimate of drug-likeness (QED) is 0.689. The van der Waals surface area contributed by atoms with Crippen LogP contribution >= 0.6 is 0 Å². The van der Waals surface area contributed by atoms with E-state index in [4.69, 9.17) is 0 Å². The topological polar surface area (TPSA) is 95.9 Å². The van der Waals surface area contributed by atoms with E-state index in [1.54, 1.807) is 0 Å². The summed E-state index contributed by atoms with van der Waals surface area (Å²) in [5.41, 5.74) is -1.47. The molecule has 1 unspecified atom stereocenters. The van der Waals surface area contributed by atoms with Crippen LogP contribution in [0.25, 0.3) is 0 Å². The number of hydrogen-bond acceptors (Lipinski definition) is 4. The molecule has 0 aromatic rings. The second kappa shape index (κ2) is 5.52. The molecule has 18 heavy (non-hydrogen) atoms. The van der Waals surface area contributed by atoms with E-state index >= 15 is 0 Å². The van der Waals surface area contributed by atoms with Gasteiger partial charge in [0, 0.05) is 19.9 Å². The van der Waals surface area contributed by atoms with Gasteiger partial charge in [0.2, 0.25) is 5.91 Å². The lowest BCUT2D eigenvalue weighted by Crippen LogP contribution is -2.56. The summed E-state index contributed by atoms with van der Waals surface area (Å²) in [5, 5.41) is 11.5. The number of amides is 2. The van der Waals surface area contributed by atoms with Crippen molar-refractivity contribution < 1.29 is 24.2 Å². The summed E-state index contributed by atoms with van der Waals surface area (Å²) in [6.07, 6.45) is 0.706. The van der Waals surface area contributed by atoms with Crippen molar-refractivity contribution >= 4 is 18.0 Å². The summed E-state index contributed by atoms with van der Waals surface area (Å²) in [6, 6.07) is 0. The van der Waals surface area contributed by atoms with E-state index in [1.807, 2.05) is 0 Å². The van der Waals surface area contributed by atoms with Crippen molar-refractivity contribution in [3.8, 4) is 0 Å². The third kappa shape index (κ3) is 2.99. The Morgan fingerprint density at radius 2 is 2.22 bits per heavy atom. The van der Waals surface area contributed by atoms with Crippen molar-refractivity contribution in [2.45, 2.75) is 18.9 Å². The van der Waals surface area contributed by atoms with Gasteiger partial charge in [-0.25, -0.2) is 9.59 Å². The van der Waals surface area contributed by atoms with Crippen molar-refractivity contribution in [3.63, 3.8) is 0 Å². The fraction of sp³-hybridized carbons (Fsp3) is 0.545. The zero-order valence-electron chi connectivity index (χ0n) is 10.1. The van der Waals surface area contributed by atoms with Crippen LogP contribution in [0, 0.1) is 0 Å². The maximum Gasteiger partial charge on any atom is 0.408 e. The van der Waals surface area contributed by atoms with E-state index in [2.05, 4.69) is 16.6 Å². The van der Waals surface area contributed by atoms with Gasteiger partial charge in [-0.2, -0.15) is 0 Å². The smallest absolute Gasteiger partial charge is 0.408 e. The molecule has 2 N–H and O–H groups in total. The average Bonchev–Trinajstić information content (AvgIpc) is 2.72. The minimum absolute atomic E-state index is 0.00203. The highest BCUT2D eigenvalue weighted by atomic mass is 16.5. The predicted octanol–water partition coefficient (Wildman–Crippen LogP) is -0.0258. The molecule has 1 saturated heterocycles. The zero-order valence-corrected chi connectivity index (χ0v) is 10.1.